The molecule has 0 saturated heterocycles. The summed E-state index contributed by atoms with van der Waals surface area (Å²) in [5.74, 6) is -0.0663. The van der Waals surface area contributed by atoms with Crippen LogP contribution in [0, 0.1) is 6.92 Å². The molecule has 0 unspecified atom stereocenters. The van der Waals surface area contributed by atoms with E-state index in [-0.39, 0.29) is 5.56 Å². The quantitative estimate of drug-likeness (QED) is 0.584. The van der Waals surface area contributed by atoms with E-state index in [9.17, 15) is 9.90 Å². The van der Waals surface area contributed by atoms with Crippen molar-refractivity contribution in [1.82, 2.24) is 19.6 Å². The van der Waals surface area contributed by atoms with Crippen LogP contribution in [0.15, 0.2) is 42.7 Å². The molecule has 0 radical (unpaired) electrons. The van der Waals surface area contributed by atoms with Crippen LogP contribution >= 0.6 is 0 Å². The topological polar surface area (TPSA) is 102 Å². The Morgan fingerprint density at radius 3 is 2.85 bits per heavy atom. The molecule has 0 fully saturated rings. The van der Waals surface area contributed by atoms with Crippen molar-refractivity contribution in [2.24, 2.45) is 0 Å². The first-order chi connectivity index (χ1) is 12.6. The summed E-state index contributed by atoms with van der Waals surface area (Å²) in [7, 11) is 1.52. The van der Waals surface area contributed by atoms with Crippen molar-refractivity contribution >= 4 is 34.2 Å². The maximum absolute atomic E-state index is 11.3. The monoisotopic (exact) mass is 349 g/mol. The van der Waals surface area contributed by atoms with E-state index in [0.717, 1.165) is 16.6 Å². The van der Waals surface area contributed by atoms with Crippen LogP contribution in [0.5, 0.6) is 5.75 Å². The summed E-state index contributed by atoms with van der Waals surface area (Å²) < 4.78 is 7.16. The number of aromatic nitrogens is 4. The normalized spacial score (nSPS) is 11.0. The number of carboxylic acids is 1. The second kappa shape index (κ2) is 5.99. The second-order valence-corrected chi connectivity index (χ2v) is 5.82. The average molecular weight is 349 g/mol. The van der Waals surface area contributed by atoms with Gasteiger partial charge in [-0.1, -0.05) is 6.07 Å². The van der Waals surface area contributed by atoms with Gasteiger partial charge >= 0.3 is 5.97 Å². The minimum Gasteiger partial charge on any atom is -0.495 e. The van der Waals surface area contributed by atoms with Crippen LogP contribution in [-0.2, 0) is 0 Å². The number of nitrogens with one attached hydrogen (secondary N) is 1. The van der Waals surface area contributed by atoms with Crippen molar-refractivity contribution in [3.63, 3.8) is 0 Å². The second-order valence-electron chi connectivity index (χ2n) is 5.82. The Morgan fingerprint density at radius 1 is 1.23 bits per heavy atom. The van der Waals surface area contributed by atoms with Gasteiger partial charge in [0, 0.05) is 0 Å². The van der Waals surface area contributed by atoms with Gasteiger partial charge in [-0.05, 0) is 42.8 Å². The van der Waals surface area contributed by atoms with Gasteiger partial charge in [-0.2, -0.15) is 0 Å². The van der Waals surface area contributed by atoms with Crippen LogP contribution < -0.4 is 10.1 Å². The van der Waals surface area contributed by atoms with Gasteiger partial charge in [0.2, 0.25) is 5.65 Å². The zero-order valence-corrected chi connectivity index (χ0v) is 14.1. The van der Waals surface area contributed by atoms with Gasteiger partial charge in [0.15, 0.2) is 5.82 Å². The molecule has 2 N–H and O–H groups in total. The molecule has 4 aromatic rings. The maximum Gasteiger partial charge on any atom is 0.335 e. The number of hydrogen-bond donors (Lipinski definition) is 2. The number of nitrogens with zero attached hydrogens (tertiary/aromatic N) is 4. The fourth-order valence-corrected chi connectivity index (χ4v) is 2.81. The predicted molar refractivity (Wildman–Crippen MR) is 96.3 cm³/mol. The van der Waals surface area contributed by atoms with Crippen LogP contribution in [0.3, 0.4) is 0 Å². The van der Waals surface area contributed by atoms with E-state index in [1.165, 1.54) is 19.2 Å². The number of benzene rings is 2. The average Bonchev–Trinajstić information content (AvgIpc) is 3.12. The minimum absolute atomic E-state index is 0.141. The lowest BCUT2D eigenvalue weighted by Gasteiger charge is -2.13. The molecule has 8 heteroatoms. The third-order valence-electron chi connectivity index (χ3n) is 4.08. The number of carboxylic acid groups (broad SMARTS) is 1. The number of ether oxygens (including phenoxy) is 1. The summed E-state index contributed by atoms with van der Waals surface area (Å²) >= 11 is 0. The standard InChI is InChI=1S/C18H15N5O3/c1-10-3-5-12-14(7-10)23-9-19-22-17(23)16(20-12)21-13-8-11(18(24)25)4-6-15(13)26-2/h3-9H,1-2H3,(H,20,21)(H,24,25). The molecule has 0 bridgehead atoms. The number of rotatable bonds is 4. The fourth-order valence-electron chi connectivity index (χ4n) is 2.81. The summed E-state index contributed by atoms with van der Waals surface area (Å²) in [5, 5.41) is 20.5. The third kappa shape index (κ3) is 2.57. The van der Waals surface area contributed by atoms with Gasteiger partial charge in [0.05, 0.1) is 29.4 Å². The first-order valence-electron chi connectivity index (χ1n) is 7.85. The summed E-state index contributed by atoms with van der Waals surface area (Å²) in [6.07, 6.45) is 1.62. The van der Waals surface area contributed by atoms with Gasteiger partial charge in [0.25, 0.3) is 0 Å². The predicted octanol–water partition coefficient (Wildman–Crippen LogP) is 3.04. The van der Waals surface area contributed by atoms with E-state index in [2.05, 4.69) is 20.5 Å². The van der Waals surface area contributed by atoms with E-state index >= 15 is 0 Å². The molecule has 2 heterocycles. The van der Waals surface area contributed by atoms with E-state index in [0.29, 0.717) is 22.9 Å². The van der Waals surface area contributed by atoms with Crippen molar-refractivity contribution < 1.29 is 14.6 Å². The molecular weight excluding hydrogens is 334 g/mol. The Hall–Kier alpha value is -3.68. The Kier molecular flexibility index (Phi) is 3.65. The van der Waals surface area contributed by atoms with Crippen molar-refractivity contribution in [1.29, 1.82) is 0 Å². The Morgan fingerprint density at radius 2 is 2.08 bits per heavy atom. The van der Waals surface area contributed by atoms with Crippen LogP contribution in [0.4, 0.5) is 11.5 Å². The lowest BCUT2D eigenvalue weighted by Crippen LogP contribution is -2.03. The van der Waals surface area contributed by atoms with E-state index in [4.69, 9.17) is 4.74 Å². The van der Waals surface area contributed by atoms with Crippen molar-refractivity contribution in [2.75, 3.05) is 12.4 Å². The minimum atomic E-state index is -1.02. The molecule has 0 saturated carbocycles. The van der Waals surface area contributed by atoms with Crippen LogP contribution in [0.2, 0.25) is 0 Å². The molecule has 2 aromatic heterocycles. The molecule has 0 aliphatic heterocycles. The van der Waals surface area contributed by atoms with Crippen molar-refractivity contribution in [3.8, 4) is 5.75 Å². The van der Waals surface area contributed by atoms with E-state index in [1.54, 1.807) is 12.4 Å². The Balaban J connectivity index is 1.89. The fraction of sp³-hybridized carbons (Fsp3) is 0.111. The number of aromatic carboxylic acids is 1. The van der Waals surface area contributed by atoms with Crippen LogP contribution in [0.1, 0.15) is 15.9 Å². The largest absolute Gasteiger partial charge is 0.495 e. The molecular formula is C18H15N5O3. The number of hydrogen-bond acceptors (Lipinski definition) is 6. The first-order valence-corrected chi connectivity index (χ1v) is 7.85. The zero-order chi connectivity index (χ0) is 18.3. The molecule has 0 spiro atoms. The Labute approximate surface area is 148 Å². The third-order valence-corrected chi connectivity index (χ3v) is 4.08. The lowest BCUT2D eigenvalue weighted by atomic mass is 10.2. The van der Waals surface area contributed by atoms with E-state index < -0.39 is 5.97 Å². The van der Waals surface area contributed by atoms with Gasteiger partial charge in [0.1, 0.15) is 12.1 Å². The highest BCUT2D eigenvalue weighted by atomic mass is 16.5. The highest BCUT2D eigenvalue weighted by molar-refractivity contribution is 5.91. The maximum atomic E-state index is 11.3. The molecule has 4 rings (SSSR count). The molecule has 8 nitrogen and oxygen atoms in total. The molecule has 130 valence electrons. The number of carbonyl (C=O) groups is 1. The first kappa shape index (κ1) is 15.8. The smallest absolute Gasteiger partial charge is 0.335 e. The van der Waals surface area contributed by atoms with Gasteiger partial charge in [-0.3, -0.25) is 4.40 Å². The van der Waals surface area contributed by atoms with Crippen LogP contribution in [0.25, 0.3) is 16.7 Å². The summed E-state index contributed by atoms with van der Waals surface area (Å²) in [4.78, 5) is 15.9. The summed E-state index contributed by atoms with van der Waals surface area (Å²) in [6.45, 7) is 2.00. The van der Waals surface area contributed by atoms with Gasteiger partial charge in [-0.25, -0.2) is 9.78 Å². The molecule has 0 amide bonds. The van der Waals surface area contributed by atoms with Crippen molar-refractivity contribution in [2.45, 2.75) is 6.92 Å². The number of anilines is 2. The summed E-state index contributed by atoms with van der Waals surface area (Å²) in [6, 6.07) is 10.5. The zero-order valence-electron chi connectivity index (χ0n) is 14.1. The van der Waals surface area contributed by atoms with E-state index in [1.807, 2.05) is 29.5 Å². The Bertz CT molecular complexity index is 1150. The number of fused-ring (bicyclic) bond motifs is 3. The molecule has 2 aromatic carbocycles. The van der Waals surface area contributed by atoms with Crippen molar-refractivity contribution in [3.05, 3.63) is 53.9 Å². The SMILES string of the molecule is COc1ccc(C(=O)O)cc1Nc1nc2ccc(C)cc2n2cnnc12. The molecule has 0 aliphatic rings. The highest BCUT2D eigenvalue weighted by Crippen LogP contribution is 2.30. The lowest BCUT2D eigenvalue weighted by molar-refractivity contribution is 0.0697. The van der Waals surface area contributed by atoms with Gasteiger partial charge < -0.3 is 15.2 Å². The molecule has 0 atom stereocenters. The van der Waals surface area contributed by atoms with Crippen LogP contribution in [-0.4, -0.2) is 37.8 Å². The number of methoxy groups -OCH3 is 1. The summed E-state index contributed by atoms with van der Waals surface area (Å²) in [5.41, 5.74) is 3.91. The molecule has 26 heavy (non-hydrogen) atoms. The molecule has 0 aliphatic carbocycles. The number of aryl methyl sites for hydroxylation is 1. The van der Waals surface area contributed by atoms with Gasteiger partial charge in [-0.15, -0.1) is 10.2 Å². The highest BCUT2D eigenvalue weighted by Gasteiger charge is 2.14.